The summed E-state index contributed by atoms with van der Waals surface area (Å²) in [6.45, 7) is 5.90. The van der Waals surface area contributed by atoms with Crippen molar-refractivity contribution in [1.82, 2.24) is 5.32 Å². The van der Waals surface area contributed by atoms with E-state index >= 15 is 0 Å². The van der Waals surface area contributed by atoms with E-state index in [9.17, 15) is 9.59 Å². The molecule has 0 aliphatic heterocycles. The molecule has 138 valence electrons. The summed E-state index contributed by atoms with van der Waals surface area (Å²) in [5.41, 5.74) is 7.80. The molecule has 3 N–H and O–H groups in total. The number of ether oxygens (including phenoxy) is 1. The number of benzene rings is 2. The van der Waals surface area contributed by atoms with Crippen LogP contribution in [0, 0.1) is 6.92 Å². The number of nitrogens with two attached hydrogens (primary N) is 1. The average molecular weight is 355 g/mol. The average Bonchev–Trinajstić information content (AvgIpc) is 2.63. The van der Waals surface area contributed by atoms with Crippen LogP contribution in [0.2, 0.25) is 0 Å². The third kappa shape index (κ3) is 5.51. The molecule has 2 rings (SSSR count). The number of para-hydroxylation sites is 1. The van der Waals surface area contributed by atoms with Crippen LogP contribution in [-0.2, 0) is 4.79 Å². The standard InChI is InChI=1S/C20H25N3O3/c1-3-23(16-8-6-7-15(2)13-16)12-11-22-20(25)17-9-4-5-10-18(17)26-14-19(21)24/h4-10,13H,3,11-12,14H2,1-2H3,(H2,21,24)(H,22,25). The lowest BCUT2D eigenvalue weighted by Crippen LogP contribution is -2.35. The number of carbonyl (C=O) groups is 2. The fourth-order valence-corrected chi connectivity index (χ4v) is 2.62. The van der Waals surface area contributed by atoms with Gasteiger partial charge in [-0.3, -0.25) is 9.59 Å². The van der Waals surface area contributed by atoms with Crippen molar-refractivity contribution in [3.05, 3.63) is 59.7 Å². The van der Waals surface area contributed by atoms with Crippen LogP contribution in [0.5, 0.6) is 5.75 Å². The normalized spacial score (nSPS) is 10.2. The van der Waals surface area contributed by atoms with E-state index in [1.54, 1.807) is 24.3 Å². The number of nitrogens with zero attached hydrogens (tertiary/aromatic N) is 1. The summed E-state index contributed by atoms with van der Waals surface area (Å²) in [6, 6.07) is 15.1. The molecule has 0 spiro atoms. The molecule has 6 nitrogen and oxygen atoms in total. The zero-order valence-electron chi connectivity index (χ0n) is 15.2. The van der Waals surface area contributed by atoms with Gasteiger partial charge in [0.05, 0.1) is 5.56 Å². The summed E-state index contributed by atoms with van der Waals surface area (Å²) in [5, 5.41) is 2.90. The zero-order valence-corrected chi connectivity index (χ0v) is 15.2. The zero-order chi connectivity index (χ0) is 18.9. The monoisotopic (exact) mass is 355 g/mol. The van der Waals surface area contributed by atoms with Crippen molar-refractivity contribution < 1.29 is 14.3 Å². The summed E-state index contributed by atoms with van der Waals surface area (Å²) in [4.78, 5) is 25.5. The molecule has 0 radical (unpaired) electrons. The maximum Gasteiger partial charge on any atom is 0.255 e. The highest BCUT2D eigenvalue weighted by molar-refractivity contribution is 5.97. The third-order valence-electron chi connectivity index (χ3n) is 3.92. The molecular formula is C20H25N3O3. The molecule has 0 aliphatic rings. The Bertz CT molecular complexity index is 761. The Morgan fingerprint density at radius 1 is 1.15 bits per heavy atom. The molecule has 0 saturated heterocycles. The summed E-state index contributed by atoms with van der Waals surface area (Å²) in [5.74, 6) is -0.489. The minimum Gasteiger partial charge on any atom is -0.483 e. The molecular weight excluding hydrogens is 330 g/mol. The molecule has 26 heavy (non-hydrogen) atoms. The molecule has 2 amide bonds. The van der Waals surface area contributed by atoms with Gasteiger partial charge in [0.15, 0.2) is 6.61 Å². The topological polar surface area (TPSA) is 84.7 Å². The number of amides is 2. The molecule has 0 atom stereocenters. The summed E-state index contributed by atoms with van der Waals surface area (Å²) in [6.07, 6.45) is 0. The maximum absolute atomic E-state index is 12.4. The van der Waals surface area contributed by atoms with Crippen LogP contribution in [0.15, 0.2) is 48.5 Å². The molecule has 0 aromatic heterocycles. The highest BCUT2D eigenvalue weighted by Crippen LogP contribution is 2.18. The van der Waals surface area contributed by atoms with Gasteiger partial charge in [-0.1, -0.05) is 24.3 Å². The van der Waals surface area contributed by atoms with Gasteiger partial charge >= 0.3 is 0 Å². The lowest BCUT2D eigenvalue weighted by molar-refractivity contribution is -0.119. The Hall–Kier alpha value is -3.02. The van der Waals surface area contributed by atoms with E-state index in [2.05, 4.69) is 42.3 Å². The molecule has 2 aromatic rings. The number of primary amides is 1. The van der Waals surface area contributed by atoms with E-state index in [-0.39, 0.29) is 12.5 Å². The first-order chi connectivity index (χ1) is 12.5. The number of nitrogens with one attached hydrogen (secondary N) is 1. The molecule has 0 bridgehead atoms. The largest absolute Gasteiger partial charge is 0.483 e. The van der Waals surface area contributed by atoms with Crippen LogP contribution in [0.4, 0.5) is 5.69 Å². The Balaban J connectivity index is 1.95. The number of likely N-dealkylation sites (N-methyl/N-ethyl adjacent to an activating group) is 1. The van der Waals surface area contributed by atoms with Crippen LogP contribution < -0.4 is 20.7 Å². The Labute approximate surface area is 153 Å². The first-order valence-corrected chi connectivity index (χ1v) is 8.61. The second-order valence-corrected chi connectivity index (χ2v) is 5.93. The number of aryl methyl sites for hydroxylation is 1. The van der Waals surface area contributed by atoms with E-state index in [4.69, 9.17) is 10.5 Å². The second kappa shape index (κ2) is 9.46. The number of hydrogen-bond acceptors (Lipinski definition) is 4. The first-order valence-electron chi connectivity index (χ1n) is 8.61. The lowest BCUT2D eigenvalue weighted by atomic mass is 10.2. The quantitative estimate of drug-likeness (QED) is 0.721. The SMILES string of the molecule is CCN(CCNC(=O)c1ccccc1OCC(N)=O)c1cccc(C)c1. The highest BCUT2D eigenvalue weighted by Gasteiger charge is 2.13. The van der Waals surface area contributed by atoms with E-state index in [1.165, 1.54) is 5.56 Å². The third-order valence-corrected chi connectivity index (χ3v) is 3.92. The van der Waals surface area contributed by atoms with Gasteiger partial charge in [-0.25, -0.2) is 0 Å². The Kier molecular flexibility index (Phi) is 7.02. The second-order valence-electron chi connectivity index (χ2n) is 5.93. The highest BCUT2D eigenvalue weighted by atomic mass is 16.5. The molecule has 2 aromatic carbocycles. The van der Waals surface area contributed by atoms with E-state index in [0.717, 1.165) is 12.2 Å². The van der Waals surface area contributed by atoms with Gasteiger partial charge in [-0.15, -0.1) is 0 Å². The number of rotatable bonds is 9. The van der Waals surface area contributed by atoms with Gasteiger partial charge in [0, 0.05) is 25.3 Å². The Morgan fingerprint density at radius 3 is 2.62 bits per heavy atom. The molecule has 0 heterocycles. The number of carbonyl (C=O) groups excluding carboxylic acids is 2. The van der Waals surface area contributed by atoms with Crippen LogP contribution in [0.1, 0.15) is 22.8 Å². The Morgan fingerprint density at radius 2 is 1.92 bits per heavy atom. The van der Waals surface area contributed by atoms with Gasteiger partial charge in [0.2, 0.25) is 0 Å². The van der Waals surface area contributed by atoms with Crippen molar-refractivity contribution in [3.63, 3.8) is 0 Å². The molecule has 0 aliphatic carbocycles. The fraction of sp³-hybridized carbons (Fsp3) is 0.300. The van der Waals surface area contributed by atoms with Crippen molar-refractivity contribution in [2.75, 3.05) is 31.1 Å². The predicted molar refractivity (Wildman–Crippen MR) is 103 cm³/mol. The van der Waals surface area contributed by atoms with Crippen LogP contribution in [0.25, 0.3) is 0 Å². The number of anilines is 1. The maximum atomic E-state index is 12.4. The lowest BCUT2D eigenvalue weighted by Gasteiger charge is -2.23. The van der Waals surface area contributed by atoms with E-state index in [0.29, 0.717) is 24.4 Å². The van der Waals surface area contributed by atoms with E-state index < -0.39 is 5.91 Å². The van der Waals surface area contributed by atoms with Crippen molar-refractivity contribution in [1.29, 1.82) is 0 Å². The van der Waals surface area contributed by atoms with Crippen LogP contribution in [-0.4, -0.2) is 38.1 Å². The van der Waals surface area contributed by atoms with Crippen LogP contribution in [0.3, 0.4) is 0 Å². The minimum atomic E-state index is -0.586. The number of hydrogen-bond donors (Lipinski definition) is 2. The first kappa shape index (κ1) is 19.3. The van der Waals surface area contributed by atoms with Crippen molar-refractivity contribution >= 4 is 17.5 Å². The van der Waals surface area contributed by atoms with Crippen molar-refractivity contribution in [2.24, 2.45) is 5.73 Å². The van der Waals surface area contributed by atoms with Gasteiger partial charge in [-0.05, 0) is 43.7 Å². The smallest absolute Gasteiger partial charge is 0.255 e. The summed E-state index contributed by atoms with van der Waals surface area (Å²) in [7, 11) is 0. The van der Waals surface area contributed by atoms with Gasteiger partial charge in [0.1, 0.15) is 5.75 Å². The predicted octanol–water partition coefficient (Wildman–Crippen LogP) is 2.12. The van der Waals surface area contributed by atoms with Crippen molar-refractivity contribution in [3.8, 4) is 5.75 Å². The van der Waals surface area contributed by atoms with Crippen LogP contribution >= 0.6 is 0 Å². The van der Waals surface area contributed by atoms with Gasteiger partial charge < -0.3 is 20.7 Å². The minimum absolute atomic E-state index is 0.245. The summed E-state index contributed by atoms with van der Waals surface area (Å²) < 4.78 is 5.31. The molecule has 0 saturated carbocycles. The van der Waals surface area contributed by atoms with Gasteiger partial charge in [0.25, 0.3) is 11.8 Å². The fourth-order valence-electron chi connectivity index (χ4n) is 2.62. The summed E-state index contributed by atoms with van der Waals surface area (Å²) >= 11 is 0. The van der Waals surface area contributed by atoms with Gasteiger partial charge in [-0.2, -0.15) is 0 Å². The molecule has 6 heteroatoms. The molecule has 0 fully saturated rings. The molecule has 0 unspecified atom stereocenters. The van der Waals surface area contributed by atoms with E-state index in [1.807, 2.05) is 6.07 Å². The van der Waals surface area contributed by atoms with Crippen molar-refractivity contribution in [2.45, 2.75) is 13.8 Å².